The second kappa shape index (κ2) is 4.20. The van der Waals surface area contributed by atoms with Gasteiger partial charge in [-0.3, -0.25) is 0 Å². The summed E-state index contributed by atoms with van der Waals surface area (Å²) in [7, 11) is 0. The van der Waals surface area contributed by atoms with Gasteiger partial charge in [0.05, 0.1) is 6.10 Å². The molecule has 1 saturated heterocycles. The molecule has 0 aliphatic carbocycles. The van der Waals surface area contributed by atoms with Gasteiger partial charge in [-0.2, -0.15) is 4.98 Å². The van der Waals surface area contributed by atoms with Gasteiger partial charge in [0.15, 0.2) is 0 Å². The molecule has 0 bridgehead atoms. The Morgan fingerprint density at radius 3 is 3.00 bits per heavy atom. The Kier molecular flexibility index (Phi) is 2.93. The largest absolute Gasteiger partial charge is 0.391 e. The Labute approximate surface area is 92.9 Å². The number of aliphatic hydroxyl groups is 1. The molecule has 1 atom stereocenters. The fourth-order valence-corrected chi connectivity index (χ4v) is 1.93. The zero-order valence-corrected chi connectivity index (χ0v) is 8.98. The number of anilines is 2. The highest BCUT2D eigenvalue weighted by molar-refractivity contribution is 6.29. The van der Waals surface area contributed by atoms with Crippen LogP contribution >= 0.6 is 11.6 Å². The van der Waals surface area contributed by atoms with Gasteiger partial charge in [0.25, 0.3) is 0 Å². The zero-order valence-electron chi connectivity index (χ0n) is 8.23. The van der Waals surface area contributed by atoms with Gasteiger partial charge >= 0.3 is 0 Å². The fourth-order valence-electron chi connectivity index (χ4n) is 1.75. The Morgan fingerprint density at radius 1 is 1.53 bits per heavy atom. The highest BCUT2D eigenvalue weighted by Gasteiger charge is 2.19. The molecule has 1 fully saturated rings. The molecule has 0 saturated carbocycles. The normalized spacial score (nSPS) is 21.7. The van der Waals surface area contributed by atoms with E-state index >= 15 is 0 Å². The molecule has 1 aliphatic heterocycles. The van der Waals surface area contributed by atoms with Crippen LogP contribution in [0.25, 0.3) is 0 Å². The van der Waals surface area contributed by atoms with Gasteiger partial charge in [0.2, 0.25) is 5.95 Å². The second-order valence-electron chi connectivity index (χ2n) is 3.65. The third-order valence-electron chi connectivity index (χ3n) is 2.42. The van der Waals surface area contributed by atoms with E-state index in [1.54, 1.807) is 6.07 Å². The number of aliphatic hydroxyl groups excluding tert-OH is 1. The number of hydrogen-bond donors (Lipinski definition) is 2. The summed E-state index contributed by atoms with van der Waals surface area (Å²) in [6.07, 6.45) is 1.49. The lowest BCUT2D eigenvalue weighted by Crippen LogP contribution is -2.38. The molecule has 5 nitrogen and oxygen atoms in total. The summed E-state index contributed by atoms with van der Waals surface area (Å²) in [5.41, 5.74) is 5.50. The molecule has 0 aromatic carbocycles. The fraction of sp³-hybridized carbons (Fsp3) is 0.556. The van der Waals surface area contributed by atoms with Gasteiger partial charge in [-0.15, -0.1) is 0 Å². The van der Waals surface area contributed by atoms with Crippen LogP contribution in [0.5, 0.6) is 0 Å². The van der Waals surface area contributed by atoms with E-state index in [1.165, 1.54) is 0 Å². The minimum Gasteiger partial charge on any atom is -0.391 e. The van der Waals surface area contributed by atoms with Gasteiger partial charge in [-0.05, 0) is 12.8 Å². The topological polar surface area (TPSA) is 75.3 Å². The predicted molar refractivity (Wildman–Crippen MR) is 58.9 cm³/mol. The van der Waals surface area contributed by atoms with E-state index in [1.807, 2.05) is 4.90 Å². The third-order valence-corrected chi connectivity index (χ3v) is 2.61. The van der Waals surface area contributed by atoms with E-state index in [4.69, 9.17) is 17.3 Å². The monoisotopic (exact) mass is 228 g/mol. The highest BCUT2D eigenvalue weighted by atomic mass is 35.5. The number of aromatic nitrogens is 2. The molecule has 0 unspecified atom stereocenters. The molecule has 1 aromatic heterocycles. The number of rotatable bonds is 1. The average Bonchev–Trinajstić information content (AvgIpc) is 2.16. The van der Waals surface area contributed by atoms with Crippen molar-refractivity contribution in [2.75, 3.05) is 23.7 Å². The lowest BCUT2D eigenvalue weighted by Gasteiger charge is -2.30. The van der Waals surface area contributed by atoms with Gasteiger partial charge in [0, 0.05) is 19.2 Å². The van der Waals surface area contributed by atoms with Crippen LogP contribution in [0, 0.1) is 0 Å². The van der Waals surface area contributed by atoms with Crippen LogP contribution in [-0.2, 0) is 0 Å². The molecule has 3 N–H and O–H groups in total. The Morgan fingerprint density at radius 2 is 2.33 bits per heavy atom. The molecular weight excluding hydrogens is 216 g/mol. The molecule has 2 rings (SSSR count). The summed E-state index contributed by atoms with van der Waals surface area (Å²) < 4.78 is 0. The molecule has 82 valence electrons. The number of nitrogens with two attached hydrogens (primary N) is 1. The maximum Gasteiger partial charge on any atom is 0.223 e. The standard InChI is InChI=1S/C9H13ClN4O/c10-7-4-8(13-9(11)12-7)14-3-1-2-6(15)5-14/h4,6,15H,1-3,5H2,(H2,11,12,13)/t6-/m1/s1. The molecular formula is C9H13ClN4O. The van der Waals surface area contributed by atoms with E-state index in [2.05, 4.69) is 9.97 Å². The first-order valence-corrected chi connectivity index (χ1v) is 5.26. The number of nitrogens with zero attached hydrogens (tertiary/aromatic N) is 3. The van der Waals surface area contributed by atoms with Crippen LogP contribution in [-0.4, -0.2) is 34.3 Å². The molecule has 2 heterocycles. The molecule has 0 radical (unpaired) electrons. The summed E-state index contributed by atoms with van der Waals surface area (Å²) in [6.45, 7) is 1.44. The van der Waals surface area contributed by atoms with E-state index in [9.17, 15) is 5.11 Å². The van der Waals surface area contributed by atoms with Crippen molar-refractivity contribution >= 4 is 23.4 Å². The predicted octanol–water partition coefficient (Wildman–Crippen LogP) is 0.673. The smallest absolute Gasteiger partial charge is 0.223 e. The Bertz CT molecular complexity index is 340. The lowest BCUT2D eigenvalue weighted by atomic mass is 10.1. The summed E-state index contributed by atoms with van der Waals surface area (Å²) in [5, 5.41) is 9.86. The number of hydrogen-bond acceptors (Lipinski definition) is 5. The van der Waals surface area contributed by atoms with Crippen LogP contribution in [0.2, 0.25) is 5.15 Å². The summed E-state index contributed by atoms with van der Waals surface area (Å²) in [4.78, 5) is 9.85. The van der Waals surface area contributed by atoms with Crippen LogP contribution in [0.3, 0.4) is 0 Å². The molecule has 1 aromatic rings. The lowest BCUT2D eigenvalue weighted by molar-refractivity contribution is 0.154. The first-order chi connectivity index (χ1) is 7.15. The van der Waals surface area contributed by atoms with Crippen LogP contribution in [0.4, 0.5) is 11.8 Å². The van der Waals surface area contributed by atoms with Crippen molar-refractivity contribution < 1.29 is 5.11 Å². The van der Waals surface area contributed by atoms with E-state index in [-0.39, 0.29) is 12.1 Å². The van der Waals surface area contributed by atoms with Crippen molar-refractivity contribution in [2.24, 2.45) is 0 Å². The van der Waals surface area contributed by atoms with E-state index in [0.29, 0.717) is 17.5 Å². The average molecular weight is 229 g/mol. The first-order valence-electron chi connectivity index (χ1n) is 4.88. The van der Waals surface area contributed by atoms with E-state index < -0.39 is 0 Å². The Balaban J connectivity index is 2.20. The summed E-state index contributed by atoms with van der Waals surface area (Å²) in [6, 6.07) is 1.66. The number of β-amino-alcohol motifs (C(OH)–C–C–N with tert-alkyl or cyclic N) is 1. The van der Waals surface area contributed by atoms with Crippen LogP contribution < -0.4 is 10.6 Å². The molecule has 0 spiro atoms. The number of nitrogen functional groups attached to an aromatic ring is 1. The van der Waals surface area contributed by atoms with Crippen molar-refractivity contribution in [3.63, 3.8) is 0 Å². The zero-order chi connectivity index (χ0) is 10.8. The molecule has 15 heavy (non-hydrogen) atoms. The molecule has 0 amide bonds. The highest BCUT2D eigenvalue weighted by Crippen LogP contribution is 2.20. The third kappa shape index (κ3) is 2.49. The minimum absolute atomic E-state index is 0.164. The van der Waals surface area contributed by atoms with Crippen molar-refractivity contribution in [1.82, 2.24) is 9.97 Å². The van der Waals surface area contributed by atoms with Gasteiger partial charge in [0.1, 0.15) is 11.0 Å². The number of halogens is 1. The van der Waals surface area contributed by atoms with Crippen molar-refractivity contribution in [3.05, 3.63) is 11.2 Å². The Hall–Kier alpha value is -1.07. The summed E-state index contributed by atoms with van der Waals surface area (Å²) >= 11 is 5.79. The summed E-state index contributed by atoms with van der Waals surface area (Å²) in [5.74, 6) is 0.851. The van der Waals surface area contributed by atoms with Crippen LogP contribution in [0.1, 0.15) is 12.8 Å². The maximum atomic E-state index is 9.53. The quantitative estimate of drug-likeness (QED) is 0.692. The molecule has 1 aliphatic rings. The second-order valence-corrected chi connectivity index (χ2v) is 4.04. The van der Waals surface area contributed by atoms with Gasteiger partial charge in [-0.1, -0.05) is 11.6 Å². The van der Waals surface area contributed by atoms with Crippen molar-refractivity contribution in [1.29, 1.82) is 0 Å². The van der Waals surface area contributed by atoms with Crippen molar-refractivity contribution in [3.8, 4) is 0 Å². The van der Waals surface area contributed by atoms with Crippen molar-refractivity contribution in [2.45, 2.75) is 18.9 Å². The molecule has 6 heteroatoms. The van der Waals surface area contributed by atoms with Gasteiger partial charge in [-0.25, -0.2) is 4.98 Å². The minimum atomic E-state index is -0.297. The first kappa shape index (κ1) is 10.4. The SMILES string of the molecule is Nc1nc(Cl)cc(N2CCC[C@@H](O)C2)n1. The van der Waals surface area contributed by atoms with E-state index in [0.717, 1.165) is 19.4 Å². The van der Waals surface area contributed by atoms with Gasteiger partial charge < -0.3 is 15.7 Å². The number of piperidine rings is 1. The maximum absolute atomic E-state index is 9.53. The van der Waals surface area contributed by atoms with Crippen LogP contribution in [0.15, 0.2) is 6.07 Å².